The van der Waals surface area contributed by atoms with E-state index in [-0.39, 0.29) is 5.82 Å². The summed E-state index contributed by atoms with van der Waals surface area (Å²) < 4.78 is 54.1. The van der Waals surface area contributed by atoms with E-state index in [0.29, 0.717) is 16.7 Å². The number of hydrogen-bond donors (Lipinski definition) is 2. The van der Waals surface area contributed by atoms with Crippen LogP contribution >= 0.6 is 0 Å². The molecule has 1 amide bonds. The van der Waals surface area contributed by atoms with E-state index in [9.17, 15) is 18.0 Å². The van der Waals surface area contributed by atoms with Crippen molar-refractivity contribution in [2.24, 2.45) is 0 Å². The largest absolute Gasteiger partial charge is 0.433 e. The number of nitrogens with one attached hydrogen (secondary N) is 1. The van der Waals surface area contributed by atoms with Gasteiger partial charge in [0, 0.05) is 23.6 Å². The molecular weight excluding hydrogens is 402 g/mol. The second kappa shape index (κ2) is 7.17. The monoisotopic (exact) mass is 417 g/mol. The van der Waals surface area contributed by atoms with Gasteiger partial charge in [-0.1, -0.05) is 54.6 Å². The zero-order chi connectivity index (χ0) is 21.5. The quantitative estimate of drug-likeness (QED) is 0.378. The number of carbonyl (C=O) groups is 1. The molecule has 0 radical (unpaired) electrons. The average molecular weight is 417 g/mol. The van der Waals surface area contributed by atoms with Crippen molar-refractivity contribution in [3.05, 3.63) is 83.7 Å². The smallest absolute Gasteiger partial charge is 0.289 e. The number of aromatic nitrogens is 2. The maximum absolute atomic E-state index is 15.5. The van der Waals surface area contributed by atoms with E-state index in [4.69, 9.17) is 5.21 Å². The summed E-state index contributed by atoms with van der Waals surface area (Å²) in [6.45, 7) is 0. The van der Waals surface area contributed by atoms with E-state index in [0.717, 1.165) is 12.3 Å². The molecule has 5 nitrogen and oxygen atoms in total. The van der Waals surface area contributed by atoms with Crippen LogP contribution in [0, 0.1) is 0 Å². The highest BCUT2D eigenvalue weighted by Crippen LogP contribution is 2.66. The summed E-state index contributed by atoms with van der Waals surface area (Å²) >= 11 is 0. The molecule has 2 N–H and O–H groups in total. The van der Waals surface area contributed by atoms with Gasteiger partial charge < -0.3 is 0 Å². The Bertz CT molecular complexity index is 1070. The van der Waals surface area contributed by atoms with E-state index in [2.05, 4.69) is 9.97 Å². The van der Waals surface area contributed by atoms with Crippen molar-refractivity contribution < 1.29 is 27.6 Å². The van der Waals surface area contributed by atoms with Gasteiger partial charge in [-0.2, -0.15) is 13.2 Å². The van der Waals surface area contributed by atoms with Crippen LogP contribution < -0.4 is 5.48 Å². The number of nitrogens with zero attached hydrogens (tertiary/aromatic N) is 2. The first-order valence-electron chi connectivity index (χ1n) is 8.95. The molecule has 0 unspecified atom stereocenters. The number of halogens is 4. The van der Waals surface area contributed by atoms with Gasteiger partial charge in [0.15, 0.2) is 5.82 Å². The molecule has 1 saturated carbocycles. The lowest BCUT2D eigenvalue weighted by atomic mass is 10.0. The second-order valence-electron chi connectivity index (χ2n) is 6.96. The molecule has 1 aromatic heterocycles. The molecule has 9 heteroatoms. The summed E-state index contributed by atoms with van der Waals surface area (Å²) in [5.41, 5.74) is -0.646. The van der Waals surface area contributed by atoms with E-state index in [1.165, 1.54) is 29.7 Å². The first-order valence-corrected chi connectivity index (χ1v) is 8.95. The van der Waals surface area contributed by atoms with Crippen LogP contribution in [0.5, 0.6) is 0 Å². The van der Waals surface area contributed by atoms with Crippen molar-refractivity contribution >= 4 is 5.91 Å². The molecule has 0 spiro atoms. The number of hydrogen-bond acceptors (Lipinski definition) is 4. The molecule has 0 bridgehead atoms. The highest BCUT2D eigenvalue weighted by Gasteiger charge is 2.72. The summed E-state index contributed by atoms with van der Waals surface area (Å²) in [5, 5.41) is 8.98. The van der Waals surface area contributed by atoms with Crippen molar-refractivity contribution in [1.82, 2.24) is 15.4 Å². The predicted octanol–water partition coefficient (Wildman–Crippen LogP) is 4.26. The Labute approximate surface area is 168 Å². The highest BCUT2D eigenvalue weighted by atomic mass is 19.4. The summed E-state index contributed by atoms with van der Waals surface area (Å²) in [6, 6.07) is 15.3. The average Bonchev–Trinajstić information content (AvgIpc) is 3.40. The second-order valence-corrected chi connectivity index (χ2v) is 6.96. The number of carbonyl (C=O) groups excluding carboxylic acids is 1. The van der Waals surface area contributed by atoms with Crippen LogP contribution in [0.2, 0.25) is 0 Å². The minimum absolute atomic E-state index is 0.119. The summed E-state index contributed by atoms with van der Waals surface area (Å²) in [7, 11) is 0. The van der Waals surface area contributed by atoms with Crippen LogP contribution in [-0.2, 0) is 11.0 Å². The van der Waals surface area contributed by atoms with Crippen molar-refractivity contribution in [3.8, 4) is 11.4 Å². The third-order valence-corrected chi connectivity index (χ3v) is 5.21. The Morgan fingerprint density at radius 1 is 0.967 bits per heavy atom. The van der Waals surface area contributed by atoms with E-state index in [1.54, 1.807) is 30.3 Å². The topological polar surface area (TPSA) is 75.1 Å². The fourth-order valence-electron chi connectivity index (χ4n) is 3.75. The molecule has 4 rings (SSSR count). The van der Waals surface area contributed by atoms with Gasteiger partial charge >= 0.3 is 6.18 Å². The van der Waals surface area contributed by atoms with Gasteiger partial charge in [0.25, 0.3) is 5.91 Å². The Hall–Kier alpha value is -3.33. The molecule has 154 valence electrons. The Balaban J connectivity index is 1.66. The van der Waals surface area contributed by atoms with Crippen LogP contribution in [0.1, 0.15) is 28.7 Å². The fourth-order valence-corrected chi connectivity index (χ4v) is 3.75. The molecule has 3 aromatic rings. The van der Waals surface area contributed by atoms with E-state index >= 15 is 4.39 Å². The molecule has 0 aliphatic heterocycles. The molecule has 1 aliphatic carbocycles. The van der Waals surface area contributed by atoms with Crippen molar-refractivity contribution in [2.45, 2.75) is 23.7 Å². The lowest BCUT2D eigenvalue weighted by molar-refractivity contribution is -0.141. The summed E-state index contributed by atoms with van der Waals surface area (Å²) in [4.78, 5) is 19.4. The molecule has 1 heterocycles. The van der Waals surface area contributed by atoms with Gasteiger partial charge in [-0.25, -0.2) is 19.8 Å². The minimum Gasteiger partial charge on any atom is -0.289 e. The van der Waals surface area contributed by atoms with Gasteiger partial charge in [0.05, 0.1) is 0 Å². The lowest BCUT2D eigenvalue weighted by Gasteiger charge is -2.08. The van der Waals surface area contributed by atoms with Crippen LogP contribution in [0.3, 0.4) is 0 Å². The van der Waals surface area contributed by atoms with E-state index < -0.39 is 35.3 Å². The van der Waals surface area contributed by atoms with Crippen LogP contribution in [-0.4, -0.2) is 26.8 Å². The maximum Gasteiger partial charge on any atom is 0.433 e. The third kappa shape index (κ3) is 3.30. The lowest BCUT2D eigenvalue weighted by Crippen LogP contribution is -2.33. The molecule has 2 aromatic carbocycles. The Morgan fingerprint density at radius 3 is 2.13 bits per heavy atom. The molecule has 1 fully saturated rings. The molecular formula is C21H15F4N3O2. The number of rotatable bonds is 4. The van der Waals surface area contributed by atoms with Gasteiger partial charge in [0.2, 0.25) is 5.67 Å². The maximum atomic E-state index is 15.5. The normalized spacial score (nSPS) is 23.1. The molecule has 3 atom stereocenters. The molecule has 1 aliphatic rings. The van der Waals surface area contributed by atoms with E-state index in [1.807, 2.05) is 0 Å². The van der Waals surface area contributed by atoms with Crippen LogP contribution in [0.4, 0.5) is 17.6 Å². The minimum atomic E-state index is -4.60. The van der Waals surface area contributed by atoms with Gasteiger partial charge in [-0.15, -0.1) is 0 Å². The van der Waals surface area contributed by atoms with Crippen molar-refractivity contribution in [2.75, 3.05) is 0 Å². The number of hydroxylamine groups is 1. The number of amides is 1. The Morgan fingerprint density at radius 2 is 1.57 bits per heavy atom. The zero-order valence-electron chi connectivity index (χ0n) is 15.3. The first-order chi connectivity index (χ1) is 14.3. The summed E-state index contributed by atoms with van der Waals surface area (Å²) in [6.07, 6.45) is -3.58. The Kier molecular flexibility index (Phi) is 4.77. The fraction of sp³-hybridized carbons (Fsp3) is 0.190. The molecule has 0 saturated heterocycles. The van der Waals surface area contributed by atoms with Gasteiger partial charge in [0.1, 0.15) is 5.69 Å². The third-order valence-electron chi connectivity index (χ3n) is 5.21. The van der Waals surface area contributed by atoms with Gasteiger partial charge in [-0.3, -0.25) is 10.0 Å². The SMILES string of the molecule is O=C(NO)[C@]1(F)[C@H](c2ccccc2)[C@H]1c1ccc(-c2nccc(C(F)(F)F)n2)cc1. The number of alkyl halides is 4. The zero-order valence-corrected chi connectivity index (χ0v) is 15.3. The van der Waals surface area contributed by atoms with Crippen LogP contribution in [0.15, 0.2) is 66.9 Å². The van der Waals surface area contributed by atoms with Gasteiger partial charge in [-0.05, 0) is 17.2 Å². The summed E-state index contributed by atoms with van der Waals surface area (Å²) in [5.74, 6) is -2.93. The highest BCUT2D eigenvalue weighted by molar-refractivity contribution is 5.92. The van der Waals surface area contributed by atoms with Crippen LogP contribution in [0.25, 0.3) is 11.4 Å². The standard InChI is InChI=1S/C21H15F4N3O2/c22-20(19(29)28-30)16(12-4-2-1-3-5-12)17(20)13-6-8-14(9-7-13)18-26-11-10-15(27-18)21(23,24)25/h1-11,16-17,30H,(H,28,29)/t16-,17-,20+/m1/s1. The van der Waals surface area contributed by atoms with Crippen molar-refractivity contribution in [3.63, 3.8) is 0 Å². The number of benzene rings is 2. The van der Waals surface area contributed by atoms with Crippen molar-refractivity contribution in [1.29, 1.82) is 0 Å². The first kappa shape index (κ1) is 20.0. The molecule has 30 heavy (non-hydrogen) atoms. The predicted molar refractivity (Wildman–Crippen MR) is 98.2 cm³/mol.